The van der Waals surface area contributed by atoms with Gasteiger partial charge in [0.05, 0.1) is 13.7 Å². The fourth-order valence-electron chi connectivity index (χ4n) is 2.21. The van der Waals surface area contributed by atoms with Crippen molar-refractivity contribution in [3.63, 3.8) is 0 Å². The van der Waals surface area contributed by atoms with Crippen LogP contribution in [0.3, 0.4) is 0 Å². The quantitative estimate of drug-likeness (QED) is 0.502. The molecule has 1 heterocycles. The van der Waals surface area contributed by atoms with Crippen molar-refractivity contribution in [2.45, 2.75) is 18.9 Å². The van der Waals surface area contributed by atoms with Crippen molar-refractivity contribution in [3.05, 3.63) is 0 Å². The van der Waals surface area contributed by atoms with Gasteiger partial charge < -0.3 is 15.0 Å². The fraction of sp³-hybridized carbons (Fsp3) is 0.750. The molecule has 7 nitrogen and oxygen atoms in total. The van der Waals surface area contributed by atoms with Gasteiger partial charge in [0.25, 0.3) is 0 Å². The van der Waals surface area contributed by atoms with Gasteiger partial charge >= 0.3 is 11.9 Å². The molecule has 1 N–H and O–H groups in total. The van der Waals surface area contributed by atoms with Gasteiger partial charge in [0, 0.05) is 32.2 Å². The maximum Gasteiger partial charge on any atom is 0.396 e. The van der Waals surface area contributed by atoms with E-state index in [0.29, 0.717) is 13.1 Å². The van der Waals surface area contributed by atoms with Crippen molar-refractivity contribution in [2.24, 2.45) is 0 Å². The Morgan fingerprint density at radius 1 is 1.16 bits per heavy atom. The Bertz CT molecular complexity index is 373. The summed E-state index contributed by atoms with van der Waals surface area (Å²) in [4.78, 5) is 38.0. The van der Waals surface area contributed by atoms with E-state index in [1.165, 1.54) is 12.8 Å². The first kappa shape index (κ1) is 13.8. The molecule has 2 aliphatic rings. The van der Waals surface area contributed by atoms with Gasteiger partial charge in [0.2, 0.25) is 5.91 Å². The number of esters is 1. The van der Waals surface area contributed by atoms with Crippen LogP contribution in [0.5, 0.6) is 0 Å². The minimum absolute atomic E-state index is 0.155. The Kier molecular flexibility index (Phi) is 4.36. The number of nitrogens with one attached hydrogen (secondary N) is 1. The molecule has 2 amide bonds. The maximum atomic E-state index is 11.8. The average molecular weight is 269 g/mol. The minimum Gasteiger partial charge on any atom is -0.462 e. The number of amides is 2. The normalized spacial score (nSPS) is 19.9. The second-order valence-electron chi connectivity index (χ2n) is 4.82. The average Bonchev–Trinajstić information content (AvgIpc) is 3.28. The zero-order valence-electron chi connectivity index (χ0n) is 11.1. The van der Waals surface area contributed by atoms with Gasteiger partial charge in [-0.15, -0.1) is 0 Å². The number of piperazine rings is 1. The SMILES string of the molecule is COC(=O)C(=O)NCC(=O)N1CCN(C2CC2)CC1. The lowest BCUT2D eigenvalue weighted by molar-refractivity contribution is -0.153. The molecular formula is C12H19N3O4. The first-order valence-corrected chi connectivity index (χ1v) is 6.50. The summed E-state index contributed by atoms with van der Waals surface area (Å²) in [6.45, 7) is 2.99. The molecule has 0 atom stereocenters. The summed E-state index contributed by atoms with van der Waals surface area (Å²) in [5.74, 6) is -2.02. The molecule has 0 spiro atoms. The zero-order chi connectivity index (χ0) is 13.8. The molecule has 1 saturated carbocycles. The number of carbonyl (C=O) groups is 3. The highest BCUT2D eigenvalue weighted by molar-refractivity contribution is 6.32. The van der Waals surface area contributed by atoms with Crippen molar-refractivity contribution in [1.29, 1.82) is 0 Å². The lowest BCUT2D eigenvalue weighted by Gasteiger charge is -2.34. The van der Waals surface area contributed by atoms with Crippen LogP contribution in [0.4, 0.5) is 0 Å². The number of hydrogen-bond donors (Lipinski definition) is 1. The number of carbonyl (C=O) groups excluding carboxylic acids is 3. The molecule has 1 saturated heterocycles. The Hall–Kier alpha value is -1.63. The van der Waals surface area contributed by atoms with Crippen LogP contribution in [0.2, 0.25) is 0 Å². The monoisotopic (exact) mass is 269 g/mol. The van der Waals surface area contributed by atoms with Crippen molar-refractivity contribution in [3.8, 4) is 0 Å². The minimum atomic E-state index is -0.980. The number of ether oxygens (including phenoxy) is 1. The van der Waals surface area contributed by atoms with Gasteiger partial charge in [0.15, 0.2) is 0 Å². The van der Waals surface area contributed by atoms with Gasteiger partial charge in [-0.3, -0.25) is 14.5 Å². The number of methoxy groups -OCH3 is 1. The number of hydrogen-bond acceptors (Lipinski definition) is 5. The molecule has 0 aromatic carbocycles. The second kappa shape index (κ2) is 6.01. The van der Waals surface area contributed by atoms with Crippen LogP contribution in [0, 0.1) is 0 Å². The lowest BCUT2D eigenvalue weighted by atomic mass is 10.3. The zero-order valence-corrected chi connectivity index (χ0v) is 11.1. The summed E-state index contributed by atoms with van der Waals surface area (Å²) in [7, 11) is 1.13. The highest BCUT2D eigenvalue weighted by Gasteiger charge is 2.32. The van der Waals surface area contributed by atoms with E-state index >= 15 is 0 Å². The van der Waals surface area contributed by atoms with Gasteiger partial charge in [0.1, 0.15) is 0 Å². The molecule has 0 unspecified atom stereocenters. The van der Waals surface area contributed by atoms with Crippen molar-refractivity contribution in [2.75, 3.05) is 39.8 Å². The standard InChI is InChI=1S/C12H19N3O4/c1-19-12(18)11(17)13-8-10(16)15-6-4-14(5-7-15)9-2-3-9/h9H,2-8H2,1H3,(H,13,17). The lowest BCUT2D eigenvalue weighted by Crippen LogP contribution is -2.52. The van der Waals surface area contributed by atoms with Crippen LogP contribution < -0.4 is 5.32 Å². The van der Waals surface area contributed by atoms with Crippen LogP contribution >= 0.6 is 0 Å². The molecule has 0 aromatic rings. The summed E-state index contributed by atoms with van der Waals surface area (Å²) in [6.07, 6.45) is 2.53. The van der Waals surface area contributed by atoms with E-state index in [4.69, 9.17) is 0 Å². The first-order chi connectivity index (χ1) is 9.11. The third-order valence-electron chi connectivity index (χ3n) is 3.50. The largest absolute Gasteiger partial charge is 0.462 e. The van der Waals surface area contributed by atoms with E-state index in [9.17, 15) is 14.4 Å². The predicted molar refractivity (Wildman–Crippen MR) is 66.2 cm³/mol. The summed E-state index contributed by atoms with van der Waals surface area (Å²) < 4.78 is 4.25. The summed E-state index contributed by atoms with van der Waals surface area (Å²) in [5.41, 5.74) is 0. The fourth-order valence-corrected chi connectivity index (χ4v) is 2.21. The summed E-state index contributed by atoms with van der Waals surface area (Å²) in [5, 5.41) is 2.26. The summed E-state index contributed by atoms with van der Waals surface area (Å²) >= 11 is 0. The Morgan fingerprint density at radius 3 is 2.32 bits per heavy atom. The molecular weight excluding hydrogens is 250 g/mol. The van der Waals surface area contributed by atoms with Crippen LogP contribution in [0.15, 0.2) is 0 Å². The van der Waals surface area contributed by atoms with Gasteiger partial charge in [-0.25, -0.2) is 4.79 Å². The van der Waals surface area contributed by atoms with Crippen LogP contribution in [0.25, 0.3) is 0 Å². The highest BCUT2D eigenvalue weighted by atomic mass is 16.5. The molecule has 1 aliphatic heterocycles. The van der Waals surface area contributed by atoms with E-state index in [1.807, 2.05) is 0 Å². The molecule has 0 radical (unpaired) electrons. The molecule has 19 heavy (non-hydrogen) atoms. The van der Waals surface area contributed by atoms with E-state index in [0.717, 1.165) is 26.2 Å². The van der Waals surface area contributed by atoms with Gasteiger partial charge in [-0.1, -0.05) is 0 Å². The number of rotatable bonds is 3. The molecule has 7 heteroatoms. The van der Waals surface area contributed by atoms with Crippen LogP contribution in [0.1, 0.15) is 12.8 Å². The van der Waals surface area contributed by atoms with E-state index in [1.54, 1.807) is 4.90 Å². The number of nitrogens with zero attached hydrogens (tertiary/aromatic N) is 2. The third kappa shape index (κ3) is 3.66. The van der Waals surface area contributed by atoms with Crippen molar-refractivity contribution >= 4 is 17.8 Å². The third-order valence-corrected chi connectivity index (χ3v) is 3.50. The van der Waals surface area contributed by atoms with E-state index < -0.39 is 11.9 Å². The highest BCUT2D eigenvalue weighted by Crippen LogP contribution is 2.27. The van der Waals surface area contributed by atoms with Gasteiger partial charge in [-0.2, -0.15) is 0 Å². The molecule has 0 bridgehead atoms. The first-order valence-electron chi connectivity index (χ1n) is 6.50. The van der Waals surface area contributed by atoms with E-state index in [2.05, 4.69) is 15.0 Å². The second-order valence-corrected chi connectivity index (χ2v) is 4.82. The van der Waals surface area contributed by atoms with Crippen LogP contribution in [-0.2, 0) is 19.1 Å². The Labute approximate surface area is 111 Å². The topological polar surface area (TPSA) is 78.9 Å². The molecule has 2 rings (SSSR count). The molecule has 0 aromatic heterocycles. The van der Waals surface area contributed by atoms with Crippen LogP contribution in [-0.4, -0.2) is 73.5 Å². The maximum absolute atomic E-state index is 11.8. The Balaban J connectivity index is 1.69. The molecule has 106 valence electrons. The Morgan fingerprint density at radius 2 is 1.79 bits per heavy atom. The smallest absolute Gasteiger partial charge is 0.396 e. The summed E-state index contributed by atoms with van der Waals surface area (Å²) in [6, 6.07) is 0.719. The van der Waals surface area contributed by atoms with E-state index in [-0.39, 0.29) is 12.5 Å². The molecule has 2 fully saturated rings. The van der Waals surface area contributed by atoms with Gasteiger partial charge in [-0.05, 0) is 12.8 Å². The van der Waals surface area contributed by atoms with Crippen molar-refractivity contribution < 1.29 is 19.1 Å². The molecule has 1 aliphatic carbocycles. The predicted octanol–water partition coefficient (Wildman–Crippen LogP) is -1.42. The van der Waals surface area contributed by atoms with Crippen molar-refractivity contribution in [1.82, 2.24) is 15.1 Å².